The number of carboxylic acid groups (broad SMARTS) is 1. The number of carboxylic acids is 1. The van der Waals surface area contributed by atoms with Crippen LogP contribution in [0.15, 0.2) is 53.7 Å². The summed E-state index contributed by atoms with van der Waals surface area (Å²) in [5.41, 5.74) is 1.21. The molecule has 0 spiro atoms. The van der Waals surface area contributed by atoms with E-state index in [2.05, 4.69) is 16.7 Å². The summed E-state index contributed by atoms with van der Waals surface area (Å²) < 4.78 is 2.06. The Morgan fingerprint density at radius 1 is 1.18 bits per heavy atom. The summed E-state index contributed by atoms with van der Waals surface area (Å²) in [7, 11) is 0. The highest BCUT2D eigenvalue weighted by molar-refractivity contribution is 7.99. The normalized spacial score (nSPS) is 10.4. The number of benzene rings is 1. The number of hydrogen-bond donors (Lipinski definition) is 1. The number of thioether (sulfide) groups is 1. The lowest BCUT2D eigenvalue weighted by atomic mass is 10.2. The minimum atomic E-state index is -0.789. The lowest BCUT2D eigenvalue weighted by molar-refractivity contribution is -0.133. The molecular weight excluding hydrogens is 234 g/mol. The Balaban J connectivity index is 2.06. The third-order valence-electron chi connectivity index (χ3n) is 2.33. The fourth-order valence-electron chi connectivity index (χ4n) is 1.58. The second-order valence-electron chi connectivity index (χ2n) is 3.64. The molecule has 0 aliphatic rings. The minimum Gasteiger partial charge on any atom is -0.481 e. The number of rotatable bonds is 5. The lowest BCUT2D eigenvalue weighted by Crippen LogP contribution is -2.02. The molecule has 0 unspecified atom stereocenters. The Kier molecular flexibility index (Phi) is 3.88. The average Bonchev–Trinajstić information content (AvgIpc) is 2.75. The molecule has 0 fully saturated rings. The molecule has 17 heavy (non-hydrogen) atoms. The Morgan fingerprint density at radius 2 is 1.94 bits per heavy atom. The maximum absolute atomic E-state index is 10.5. The van der Waals surface area contributed by atoms with Gasteiger partial charge in [0.15, 0.2) is 0 Å². The van der Waals surface area contributed by atoms with Crippen LogP contribution in [0.4, 0.5) is 0 Å². The van der Waals surface area contributed by atoms with Crippen LogP contribution in [0.2, 0.25) is 0 Å². The van der Waals surface area contributed by atoms with Gasteiger partial charge >= 0.3 is 5.97 Å². The molecule has 0 aliphatic heterocycles. The summed E-state index contributed by atoms with van der Waals surface area (Å²) in [4.78, 5) is 10.5. The molecule has 0 amide bonds. The van der Waals surface area contributed by atoms with Gasteiger partial charge in [0.1, 0.15) is 0 Å². The first kappa shape index (κ1) is 11.8. The van der Waals surface area contributed by atoms with E-state index in [4.69, 9.17) is 5.11 Å². The zero-order valence-electron chi connectivity index (χ0n) is 9.24. The van der Waals surface area contributed by atoms with E-state index in [0.29, 0.717) is 0 Å². The summed E-state index contributed by atoms with van der Waals surface area (Å²) in [5.74, 6) is -0.693. The zero-order valence-corrected chi connectivity index (χ0v) is 10.1. The van der Waals surface area contributed by atoms with Gasteiger partial charge in [0.05, 0.1) is 10.8 Å². The Labute approximate surface area is 104 Å². The van der Waals surface area contributed by atoms with Crippen LogP contribution in [0.3, 0.4) is 0 Å². The van der Waals surface area contributed by atoms with Crippen molar-refractivity contribution in [3.8, 4) is 0 Å². The first-order chi connectivity index (χ1) is 8.25. The highest BCUT2D eigenvalue weighted by Crippen LogP contribution is 2.19. The van der Waals surface area contributed by atoms with Crippen molar-refractivity contribution in [2.45, 2.75) is 11.6 Å². The van der Waals surface area contributed by atoms with Crippen molar-refractivity contribution < 1.29 is 9.90 Å². The molecule has 4 heteroatoms. The van der Waals surface area contributed by atoms with Crippen LogP contribution < -0.4 is 0 Å². The molecule has 2 rings (SSSR count). The van der Waals surface area contributed by atoms with Crippen LogP contribution in [-0.2, 0) is 11.3 Å². The first-order valence-corrected chi connectivity index (χ1v) is 6.28. The van der Waals surface area contributed by atoms with Crippen molar-refractivity contribution in [1.82, 2.24) is 4.57 Å². The maximum atomic E-state index is 10.5. The van der Waals surface area contributed by atoms with Gasteiger partial charge in [0.2, 0.25) is 0 Å². The zero-order chi connectivity index (χ0) is 12.1. The van der Waals surface area contributed by atoms with Crippen LogP contribution in [0.5, 0.6) is 0 Å². The van der Waals surface area contributed by atoms with E-state index < -0.39 is 5.97 Å². The second-order valence-corrected chi connectivity index (χ2v) is 4.64. The van der Waals surface area contributed by atoms with Gasteiger partial charge < -0.3 is 9.67 Å². The molecule has 1 N–H and O–H groups in total. The van der Waals surface area contributed by atoms with Gasteiger partial charge in [-0.25, -0.2) is 0 Å². The molecular formula is C13H13NO2S. The first-order valence-electron chi connectivity index (χ1n) is 5.29. The number of aliphatic carboxylic acids is 1. The van der Waals surface area contributed by atoms with Crippen LogP contribution in [0.1, 0.15) is 5.56 Å². The summed E-state index contributed by atoms with van der Waals surface area (Å²) in [5, 5.41) is 9.65. The van der Waals surface area contributed by atoms with Crippen LogP contribution in [-0.4, -0.2) is 21.4 Å². The molecule has 0 aliphatic carbocycles. The second kappa shape index (κ2) is 5.59. The Morgan fingerprint density at radius 3 is 2.65 bits per heavy atom. The van der Waals surface area contributed by atoms with Crippen molar-refractivity contribution >= 4 is 17.7 Å². The van der Waals surface area contributed by atoms with Crippen LogP contribution >= 0.6 is 11.8 Å². The van der Waals surface area contributed by atoms with E-state index in [9.17, 15) is 4.79 Å². The maximum Gasteiger partial charge on any atom is 0.313 e. The lowest BCUT2D eigenvalue weighted by Gasteiger charge is -2.07. The standard InChI is InChI=1S/C13H13NO2S/c15-13(16)10-17-12-7-4-8-14(12)9-11-5-2-1-3-6-11/h1-8H,9-10H2,(H,15,16). The highest BCUT2D eigenvalue weighted by Gasteiger charge is 2.04. The smallest absolute Gasteiger partial charge is 0.313 e. The average molecular weight is 247 g/mol. The quantitative estimate of drug-likeness (QED) is 0.826. The van der Waals surface area contributed by atoms with Crippen molar-refractivity contribution in [3.63, 3.8) is 0 Å². The fourth-order valence-corrected chi connectivity index (χ4v) is 2.31. The summed E-state index contributed by atoms with van der Waals surface area (Å²) in [6.07, 6.45) is 1.97. The van der Waals surface area contributed by atoms with Crippen molar-refractivity contribution in [1.29, 1.82) is 0 Å². The van der Waals surface area contributed by atoms with E-state index in [-0.39, 0.29) is 5.75 Å². The van der Waals surface area contributed by atoms with Gasteiger partial charge in [0, 0.05) is 12.7 Å². The summed E-state index contributed by atoms with van der Waals surface area (Å²) >= 11 is 1.34. The van der Waals surface area contributed by atoms with Crippen molar-refractivity contribution in [2.24, 2.45) is 0 Å². The van der Waals surface area contributed by atoms with Gasteiger partial charge in [-0.05, 0) is 17.7 Å². The van der Waals surface area contributed by atoms with Gasteiger partial charge in [-0.1, -0.05) is 42.1 Å². The number of hydrogen-bond acceptors (Lipinski definition) is 2. The number of aromatic nitrogens is 1. The van der Waals surface area contributed by atoms with Crippen molar-refractivity contribution in [3.05, 3.63) is 54.2 Å². The van der Waals surface area contributed by atoms with Gasteiger partial charge in [-0.2, -0.15) is 0 Å². The predicted molar refractivity (Wildman–Crippen MR) is 68.3 cm³/mol. The van der Waals surface area contributed by atoms with E-state index in [1.54, 1.807) is 0 Å². The highest BCUT2D eigenvalue weighted by atomic mass is 32.2. The molecule has 2 aromatic rings. The molecule has 1 aromatic carbocycles. The molecule has 1 heterocycles. The number of nitrogens with zero attached hydrogens (tertiary/aromatic N) is 1. The molecule has 3 nitrogen and oxygen atoms in total. The van der Waals surface area contributed by atoms with E-state index in [1.807, 2.05) is 36.5 Å². The Bertz CT molecular complexity index is 493. The third-order valence-corrected chi connectivity index (χ3v) is 3.38. The monoisotopic (exact) mass is 247 g/mol. The topological polar surface area (TPSA) is 42.2 Å². The molecule has 0 saturated carbocycles. The van der Waals surface area contributed by atoms with Gasteiger partial charge in [-0.3, -0.25) is 4.79 Å². The molecule has 0 saturated heterocycles. The van der Waals surface area contributed by atoms with Gasteiger partial charge in [-0.15, -0.1) is 0 Å². The molecule has 0 radical (unpaired) electrons. The van der Waals surface area contributed by atoms with Crippen LogP contribution in [0.25, 0.3) is 0 Å². The fraction of sp³-hybridized carbons (Fsp3) is 0.154. The van der Waals surface area contributed by atoms with Crippen LogP contribution in [0, 0.1) is 0 Å². The van der Waals surface area contributed by atoms with Crippen molar-refractivity contribution in [2.75, 3.05) is 5.75 Å². The summed E-state index contributed by atoms with van der Waals surface area (Å²) in [6.45, 7) is 0.774. The number of carbonyl (C=O) groups is 1. The molecule has 0 atom stereocenters. The minimum absolute atomic E-state index is 0.0960. The Hall–Kier alpha value is -1.68. The van der Waals surface area contributed by atoms with E-state index in [0.717, 1.165) is 11.6 Å². The SMILES string of the molecule is O=C(O)CSc1cccn1Cc1ccccc1. The molecule has 1 aromatic heterocycles. The predicted octanol–water partition coefficient (Wildman–Crippen LogP) is 2.71. The molecule has 0 bridgehead atoms. The summed E-state index contributed by atoms with van der Waals surface area (Å²) in [6, 6.07) is 14.0. The third kappa shape index (κ3) is 3.39. The van der Waals surface area contributed by atoms with E-state index in [1.165, 1.54) is 17.3 Å². The van der Waals surface area contributed by atoms with Gasteiger partial charge in [0.25, 0.3) is 0 Å². The largest absolute Gasteiger partial charge is 0.481 e. The van der Waals surface area contributed by atoms with E-state index >= 15 is 0 Å². The molecule has 88 valence electrons.